The van der Waals surface area contributed by atoms with Gasteiger partial charge in [0.25, 0.3) is 0 Å². The summed E-state index contributed by atoms with van der Waals surface area (Å²) in [6.45, 7) is 2.16. The fraction of sp³-hybridized carbons (Fsp3) is 0.125. The quantitative estimate of drug-likeness (QED) is 0.344. The van der Waals surface area contributed by atoms with Crippen molar-refractivity contribution in [2.45, 2.75) is 11.8 Å². The smallest absolute Gasteiger partial charge is 0.0757 e. The van der Waals surface area contributed by atoms with Crippen molar-refractivity contribution in [2.24, 2.45) is 0 Å². The maximum Gasteiger partial charge on any atom is 0.0757 e. The first-order valence-electron chi connectivity index (χ1n) is 6.15. The summed E-state index contributed by atoms with van der Waals surface area (Å²) in [5, 5.41) is 2.63. The lowest BCUT2D eigenvalue weighted by Crippen LogP contribution is -1.94. The number of thiophene rings is 1. The van der Waals surface area contributed by atoms with E-state index in [2.05, 4.69) is 97.2 Å². The predicted molar refractivity (Wildman–Crippen MR) is 99.2 cm³/mol. The van der Waals surface area contributed by atoms with Crippen LogP contribution >= 0.6 is 59.1 Å². The van der Waals surface area contributed by atoms with Gasteiger partial charge in [0.15, 0.2) is 0 Å². The summed E-state index contributed by atoms with van der Waals surface area (Å²) >= 11 is 12.8. The Morgan fingerprint density at radius 3 is 2.30 bits per heavy atom. The van der Waals surface area contributed by atoms with Crippen LogP contribution in [0.4, 0.5) is 0 Å². The third-order valence-corrected chi connectivity index (χ3v) is 6.78. The maximum absolute atomic E-state index is 3.86. The Kier molecular flexibility index (Phi) is 4.37. The first kappa shape index (κ1) is 14.8. The van der Waals surface area contributed by atoms with Gasteiger partial charge >= 0.3 is 0 Å². The zero-order valence-corrected chi connectivity index (χ0v) is 16.2. The second kappa shape index (κ2) is 5.91. The molecule has 4 heteroatoms. The molecule has 2 aromatic carbocycles. The van der Waals surface area contributed by atoms with Gasteiger partial charge < -0.3 is 0 Å². The van der Waals surface area contributed by atoms with Crippen LogP contribution in [0, 0.1) is 6.92 Å². The molecule has 0 bridgehead atoms. The lowest BCUT2D eigenvalue weighted by atomic mass is 9.97. The monoisotopic (exact) mass is 472 g/mol. The highest BCUT2D eigenvalue weighted by Crippen LogP contribution is 2.43. The van der Waals surface area contributed by atoms with E-state index < -0.39 is 0 Å². The number of fused-ring (bicyclic) bond motifs is 1. The molecule has 0 saturated heterocycles. The van der Waals surface area contributed by atoms with Gasteiger partial charge in [-0.05, 0) is 72.3 Å². The highest BCUT2D eigenvalue weighted by atomic mass is 79.9. The Hall–Kier alpha value is -0.160. The van der Waals surface area contributed by atoms with Crippen molar-refractivity contribution >= 4 is 69.9 Å². The lowest BCUT2D eigenvalue weighted by Gasteiger charge is -2.14. The van der Waals surface area contributed by atoms with Crippen molar-refractivity contribution in [3.05, 3.63) is 66.7 Å². The van der Waals surface area contributed by atoms with E-state index in [9.17, 15) is 0 Å². The van der Waals surface area contributed by atoms with E-state index >= 15 is 0 Å². The van der Waals surface area contributed by atoms with E-state index in [1.54, 1.807) is 11.3 Å². The minimum absolute atomic E-state index is 0.185. The van der Waals surface area contributed by atoms with Crippen molar-refractivity contribution in [3.8, 4) is 0 Å². The zero-order valence-electron chi connectivity index (χ0n) is 10.7. The van der Waals surface area contributed by atoms with E-state index in [0.717, 1.165) is 7.57 Å². The first-order chi connectivity index (χ1) is 9.58. The van der Waals surface area contributed by atoms with Crippen LogP contribution < -0.4 is 0 Å². The molecule has 0 aliphatic carbocycles. The molecule has 3 rings (SSSR count). The topological polar surface area (TPSA) is 0 Å². The second-order valence-electron chi connectivity index (χ2n) is 4.66. The van der Waals surface area contributed by atoms with Crippen LogP contribution in [0.1, 0.15) is 21.5 Å². The van der Waals surface area contributed by atoms with Crippen molar-refractivity contribution in [1.82, 2.24) is 0 Å². The molecule has 0 saturated carbocycles. The van der Waals surface area contributed by atoms with E-state index in [-0.39, 0.29) is 4.83 Å². The molecule has 0 amide bonds. The third kappa shape index (κ3) is 2.63. The first-order valence-corrected chi connectivity index (χ1v) is 9.47. The largest absolute Gasteiger partial charge is 0.121 e. The molecule has 0 spiro atoms. The van der Waals surface area contributed by atoms with Crippen LogP contribution in [-0.2, 0) is 0 Å². The van der Waals surface area contributed by atoms with Crippen LogP contribution in [-0.4, -0.2) is 0 Å². The molecule has 0 fully saturated rings. The van der Waals surface area contributed by atoms with Gasteiger partial charge in [-0.2, -0.15) is 0 Å². The Balaban J connectivity index is 2.20. The Labute approximate surface area is 147 Å². The van der Waals surface area contributed by atoms with Crippen LogP contribution in [0.5, 0.6) is 0 Å². The average molecular weight is 475 g/mol. The van der Waals surface area contributed by atoms with Crippen molar-refractivity contribution in [1.29, 1.82) is 0 Å². The fourth-order valence-corrected chi connectivity index (χ4v) is 6.51. The molecular weight excluding hydrogens is 464 g/mol. The number of hydrogen-bond donors (Lipinski definition) is 0. The highest BCUT2D eigenvalue weighted by molar-refractivity contribution is 9.12. The lowest BCUT2D eigenvalue weighted by molar-refractivity contribution is 1.20. The van der Waals surface area contributed by atoms with Crippen LogP contribution in [0.25, 0.3) is 10.8 Å². The summed E-state index contributed by atoms with van der Waals surface area (Å²) in [4.78, 5) is 0.185. The summed E-state index contributed by atoms with van der Waals surface area (Å²) < 4.78 is 2.30. The van der Waals surface area contributed by atoms with Gasteiger partial charge in [-0.25, -0.2) is 0 Å². The van der Waals surface area contributed by atoms with Gasteiger partial charge in [-0.3, -0.25) is 0 Å². The molecular formula is C16H11Br3S. The van der Waals surface area contributed by atoms with E-state index in [1.807, 2.05) is 0 Å². The molecule has 1 unspecified atom stereocenters. The normalized spacial score (nSPS) is 12.8. The summed E-state index contributed by atoms with van der Waals surface area (Å²) in [5.41, 5.74) is 3.88. The van der Waals surface area contributed by atoms with Crippen LogP contribution in [0.2, 0.25) is 0 Å². The van der Waals surface area contributed by atoms with E-state index in [0.29, 0.717) is 0 Å². The Morgan fingerprint density at radius 1 is 0.950 bits per heavy atom. The minimum atomic E-state index is 0.185. The molecule has 0 nitrogen and oxygen atoms in total. The third-order valence-electron chi connectivity index (χ3n) is 3.40. The van der Waals surface area contributed by atoms with Gasteiger partial charge in [-0.1, -0.05) is 52.3 Å². The van der Waals surface area contributed by atoms with Gasteiger partial charge in [0, 0.05) is 0 Å². The summed E-state index contributed by atoms with van der Waals surface area (Å²) in [6, 6.07) is 15.2. The number of alkyl halides is 1. The van der Waals surface area contributed by atoms with Gasteiger partial charge in [-0.15, -0.1) is 11.3 Å². The van der Waals surface area contributed by atoms with Crippen molar-refractivity contribution < 1.29 is 0 Å². The van der Waals surface area contributed by atoms with Crippen LogP contribution in [0.3, 0.4) is 0 Å². The molecule has 1 aromatic heterocycles. The number of benzene rings is 2. The average Bonchev–Trinajstić information content (AvgIpc) is 2.78. The molecule has 0 aliphatic heterocycles. The maximum atomic E-state index is 3.86. The summed E-state index contributed by atoms with van der Waals surface area (Å²) in [7, 11) is 0. The summed E-state index contributed by atoms with van der Waals surface area (Å²) in [5.74, 6) is 0. The second-order valence-corrected chi connectivity index (χ2v) is 9.32. The Bertz CT molecular complexity index is 776. The Morgan fingerprint density at radius 2 is 1.65 bits per heavy atom. The molecule has 3 aromatic rings. The predicted octanol–water partition coefficient (Wildman–Crippen LogP) is 7.22. The standard InChI is InChI=1S/C16H11Br3S/c1-9-6-7-12(11-5-3-2-4-10(9)11)15(18)13-8-14(17)20-16(13)19/h2-8,15H,1H3. The number of hydrogen-bond acceptors (Lipinski definition) is 1. The van der Waals surface area contributed by atoms with Gasteiger partial charge in [0.2, 0.25) is 0 Å². The SMILES string of the molecule is Cc1ccc(C(Br)c2cc(Br)sc2Br)c2ccccc12. The molecule has 1 atom stereocenters. The fourth-order valence-electron chi connectivity index (χ4n) is 2.39. The minimum Gasteiger partial charge on any atom is -0.121 e. The van der Waals surface area contributed by atoms with Gasteiger partial charge in [0.1, 0.15) is 0 Å². The molecule has 0 radical (unpaired) electrons. The van der Waals surface area contributed by atoms with Gasteiger partial charge in [0.05, 0.1) is 12.4 Å². The molecule has 20 heavy (non-hydrogen) atoms. The molecule has 1 heterocycles. The van der Waals surface area contributed by atoms with Crippen molar-refractivity contribution in [2.75, 3.05) is 0 Å². The van der Waals surface area contributed by atoms with Crippen LogP contribution in [0.15, 0.2) is 50.0 Å². The molecule has 0 aliphatic rings. The molecule has 102 valence electrons. The molecule has 0 N–H and O–H groups in total. The van der Waals surface area contributed by atoms with E-state index in [1.165, 1.54) is 27.5 Å². The highest BCUT2D eigenvalue weighted by Gasteiger charge is 2.18. The summed E-state index contributed by atoms with van der Waals surface area (Å²) in [6.07, 6.45) is 0. The zero-order chi connectivity index (χ0) is 14.3. The number of rotatable bonds is 2. The van der Waals surface area contributed by atoms with E-state index in [4.69, 9.17) is 0 Å². The van der Waals surface area contributed by atoms with Crippen molar-refractivity contribution in [3.63, 3.8) is 0 Å². The number of halogens is 3. The number of aryl methyl sites for hydroxylation is 1.